The number of rotatable bonds is 2. The van der Waals surface area contributed by atoms with Crippen molar-refractivity contribution in [3.05, 3.63) is 28.3 Å². The minimum absolute atomic E-state index is 0.105. The second kappa shape index (κ2) is 3.99. The van der Waals surface area contributed by atoms with Crippen LogP contribution in [0, 0.1) is 0 Å². The van der Waals surface area contributed by atoms with Crippen molar-refractivity contribution in [1.29, 1.82) is 0 Å². The van der Waals surface area contributed by atoms with Gasteiger partial charge in [-0.1, -0.05) is 24.6 Å². The smallest absolute Gasteiger partial charge is 0.138 e. The third kappa shape index (κ3) is 2.14. The number of nitrogens with two attached hydrogens (primary N) is 1. The number of aromatic hydroxyl groups is 1. The number of aryl methyl sites for hydroxylation is 1. The lowest BCUT2D eigenvalue weighted by Gasteiger charge is -2.11. The molecule has 0 radical (unpaired) electrons. The minimum Gasteiger partial charge on any atom is -0.506 e. The molecule has 0 bridgehead atoms. The Labute approximate surface area is 83.3 Å². The van der Waals surface area contributed by atoms with Gasteiger partial charge in [0.2, 0.25) is 0 Å². The fraction of sp³-hybridized carbons (Fsp3) is 0.400. The molecule has 13 heavy (non-hydrogen) atoms. The van der Waals surface area contributed by atoms with Crippen LogP contribution in [0.4, 0.5) is 0 Å². The van der Waals surface area contributed by atoms with Gasteiger partial charge in [-0.3, -0.25) is 0 Å². The standard InChI is InChI=1S/C10H14ClNO/c1-3-7-4-8(6(2)12)10(13)9(11)5-7/h4-6,13H,3,12H2,1-2H3/t6-/m1/s1. The molecule has 1 rings (SSSR count). The maximum absolute atomic E-state index is 9.58. The van der Waals surface area contributed by atoms with Gasteiger partial charge in [0.1, 0.15) is 5.75 Å². The van der Waals surface area contributed by atoms with Gasteiger partial charge < -0.3 is 10.8 Å². The van der Waals surface area contributed by atoms with Gasteiger partial charge >= 0.3 is 0 Å². The number of hydrogen-bond donors (Lipinski definition) is 2. The van der Waals surface area contributed by atoms with Crippen LogP contribution in [0.1, 0.15) is 31.0 Å². The Morgan fingerprint density at radius 1 is 1.54 bits per heavy atom. The summed E-state index contributed by atoms with van der Waals surface area (Å²) >= 11 is 5.84. The maximum atomic E-state index is 9.58. The first-order valence-electron chi connectivity index (χ1n) is 4.33. The Morgan fingerprint density at radius 2 is 2.15 bits per heavy atom. The van der Waals surface area contributed by atoms with Gasteiger partial charge in [0.05, 0.1) is 5.02 Å². The fourth-order valence-electron chi connectivity index (χ4n) is 1.23. The average Bonchev–Trinajstić information content (AvgIpc) is 2.09. The SMILES string of the molecule is CCc1cc(Cl)c(O)c([C@@H](C)N)c1. The van der Waals surface area contributed by atoms with Crippen molar-refractivity contribution in [3.63, 3.8) is 0 Å². The number of halogens is 1. The molecule has 0 aliphatic rings. The van der Waals surface area contributed by atoms with Crippen molar-refractivity contribution in [3.8, 4) is 5.75 Å². The fourth-order valence-corrected chi connectivity index (χ4v) is 1.48. The third-order valence-corrected chi connectivity index (χ3v) is 2.34. The van der Waals surface area contributed by atoms with Gasteiger partial charge in [-0.25, -0.2) is 0 Å². The molecule has 0 unspecified atom stereocenters. The Morgan fingerprint density at radius 3 is 2.62 bits per heavy atom. The van der Waals surface area contributed by atoms with E-state index in [0.717, 1.165) is 12.0 Å². The van der Waals surface area contributed by atoms with Crippen molar-refractivity contribution in [2.24, 2.45) is 5.73 Å². The topological polar surface area (TPSA) is 46.2 Å². The molecule has 0 aromatic heterocycles. The highest BCUT2D eigenvalue weighted by Gasteiger charge is 2.10. The highest BCUT2D eigenvalue weighted by atomic mass is 35.5. The van der Waals surface area contributed by atoms with Gasteiger partial charge in [0.25, 0.3) is 0 Å². The van der Waals surface area contributed by atoms with Crippen molar-refractivity contribution in [1.82, 2.24) is 0 Å². The number of hydrogen-bond acceptors (Lipinski definition) is 2. The summed E-state index contributed by atoms with van der Waals surface area (Å²) < 4.78 is 0. The lowest BCUT2D eigenvalue weighted by molar-refractivity contribution is 0.463. The monoisotopic (exact) mass is 199 g/mol. The van der Waals surface area contributed by atoms with E-state index in [-0.39, 0.29) is 11.8 Å². The summed E-state index contributed by atoms with van der Waals surface area (Å²) in [6.07, 6.45) is 0.889. The Bertz CT molecular complexity index is 310. The van der Waals surface area contributed by atoms with Crippen molar-refractivity contribution in [2.45, 2.75) is 26.3 Å². The van der Waals surface area contributed by atoms with E-state index in [1.165, 1.54) is 0 Å². The van der Waals surface area contributed by atoms with Gasteiger partial charge in [-0.05, 0) is 25.0 Å². The molecule has 0 saturated heterocycles. The van der Waals surface area contributed by atoms with Crippen molar-refractivity contribution >= 4 is 11.6 Å². The first-order valence-corrected chi connectivity index (χ1v) is 4.71. The van der Waals surface area contributed by atoms with Gasteiger partial charge in [0, 0.05) is 11.6 Å². The summed E-state index contributed by atoms with van der Waals surface area (Å²) in [5, 5.41) is 9.96. The second-order valence-electron chi connectivity index (χ2n) is 3.16. The second-order valence-corrected chi connectivity index (χ2v) is 3.56. The van der Waals surface area contributed by atoms with E-state index in [1.807, 2.05) is 19.9 Å². The quantitative estimate of drug-likeness (QED) is 0.769. The van der Waals surface area contributed by atoms with E-state index in [1.54, 1.807) is 6.07 Å². The van der Waals surface area contributed by atoms with Gasteiger partial charge in [-0.2, -0.15) is 0 Å². The zero-order chi connectivity index (χ0) is 10.0. The van der Waals surface area contributed by atoms with E-state index < -0.39 is 0 Å². The van der Waals surface area contributed by atoms with Gasteiger partial charge in [0.15, 0.2) is 0 Å². The summed E-state index contributed by atoms with van der Waals surface area (Å²) in [5.74, 6) is 0.105. The molecule has 0 spiro atoms. The van der Waals surface area contributed by atoms with Crippen LogP contribution in [0.3, 0.4) is 0 Å². The van der Waals surface area contributed by atoms with E-state index >= 15 is 0 Å². The Kier molecular flexibility index (Phi) is 3.17. The predicted octanol–water partition coefficient (Wildman–Crippen LogP) is 2.63. The summed E-state index contributed by atoms with van der Waals surface area (Å²) in [4.78, 5) is 0. The zero-order valence-corrected chi connectivity index (χ0v) is 8.60. The summed E-state index contributed by atoms with van der Waals surface area (Å²) in [6.45, 7) is 3.86. The van der Waals surface area contributed by atoms with Crippen molar-refractivity contribution < 1.29 is 5.11 Å². The van der Waals surface area contributed by atoms with Crippen LogP contribution in [-0.2, 0) is 6.42 Å². The molecule has 0 aliphatic heterocycles. The lowest BCUT2D eigenvalue weighted by Crippen LogP contribution is -2.06. The number of phenols is 1. The molecular formula is C10H14ClNO. The maximum Gasteiger partial charge on any atom is 0.138 e. The molecule has 0 saturated carbocycles. The number of benzene rings is 1. The van der Waals surface area contributed by atoms with Crippen LogP contribution >= 0.6 is 11.6 Å². The first-order chi connectivity index (χ1) is 6.06. The molecule has 3 N–H and O–H groups in total. The molecule has 1 aromatic carbocycles. The van der Waals surface area contributed by atoms with E-state index in [4.69, 9.17) is 17.3 Å². The van der Waals surface area contributed by atoms with Crippen LogP contribution in [-0.4, -0.2) is 5.11 Å². The van der Waals surface area contributed by atoms with E-state index in [2.05, 4.69) is 0 Å². The molecule has 72 valence electrons. The Balaban J connectivity index is 3.25. The molecule has 0 amide bonds. The van der Waals surface area contributed by atoms with Crippen LogP contribution < -0.4 is 5.73 Å². The number of phenolic OH excluding ortho intramolecular Hbond substituents is 1. The molecule has 0 fully saturated rings. The summed E-state index contributed by atoms with van der Waals surface area (Å²) in [5.41, 5.74) is 7.49. The third-order valence-electron chi connectivity index (χ3n) is 2.05. The van der Waals surface area contributed by atoms with Gasteiger partial charge in [-0.15, -0.1) is 0 Å². The van der Waals surface area contributed by atoms with E-state index in [0.29, 0.717) is 10.6 Å². The molecule has 3 heteroatoms. The molecule has 2 nitrogen and oxygen atoms in total. The molecular weight excluding hydrogens is 186 g/mol. The average molecular weight is 200 g/mol. The highest BCUT2D eigenvalue weighted by molar-refractivity contribution is 6.32. The Hall–Kier alpha value is -0.730. The largest absolute Gasteiger partial charge is 0.506 e. The van der Waals surface area contributed by atoms with Crippen molar-refractivity contribution in [2.75, 3.05) is 0 Å². The lowest BCUT2D eigenvalue weighted by atomic mass is 10.0. The van der Waals surface area contributed by atoms with E-state index in [9.17, 15) is 5.11 Å². The molecule has 0 heterocycles. The normalized spacial score (nSPS) is 12.9. The first kappa shape index (κ1) is 10.4. The highest BCUT2D eigenvalue weighted by Crippen LogP contribution is 2.32. The summed E-state index contributed by atoms with van der Waals surface area (Å²) in [6, 6.07) is 3.47. The van der Waals surface area contributed by atoms with Crippen LogP contribution in [0.25, 0.3) is 0 Å². The van der Waals surface area contributed by atoms with Crippen LogP contribution in [0.5, 0.6) is 5.75 Å². The predicted molar refractivity (Wildman–Crippen MR) is 55.1 cm³/mol. The van der Waals surface area contributed by atoms with Crippen LogP contribution in [0.2, 0.25) is 5.02 Å². The minimum atomic E-state index is -0.191. The molecule has 0 aliphatic carbocycles. The molecule has 1 atom stereocenters. The van der Waals surface area contributed by atoms with Crippen LogP contribution in [0.15, 0.2) is 12.1 Å². The molecule has 1 aromatic rings. The summed E-state index contributed by atoms with van der Waals surface area (Å²) in [7, 11) is 0. The zero-order valence-electron chi connectivity index (χ0n) is 7.84.